The van der Waals surface area contributed by atoms with Crippen LogP contribution in [-0.4, -0.2) is 32.0 Å². The van der Waals surface area contributed by atoms with E-state index in [4.69, 9.17) is 0 Å². The number of rotatable bonds is 8. The lowest BCUT2D eigenvalue weighted by Gasteiger charge is -2.14. The van der Waals surface area contributed by atoms with Crippen LogP contribution in [0.1, 0.15) is 18.1 Å². The maximum Gasteiger partial charge on any atom is 0.321 e. The molecule has 0 saturated carbocycles. The predicted molar refractivity (Wildman–Crippen MR) is 133 cm³/mol. The third-order valence-electron chi connectivity index (χ3n) is 5.20. The van der Waals surface area contributed by atoms with Crippen molar-refractivity contribution in [3.63, 3.8) is 0 Å². The molecule has 9 heteroatoms. The lowest BCUT2D eigenvalue weighted by atomic mass is 10.2. The van der Waals surface area contributed by atoms with Crippen LogP contribution in [0.4, 0.5) is 9.18 Å². The molecule has 2 N–H and O–H groups in total. The number of carbonyl (C=O) groups is 2. The first-order valence-corrected chi connectivity index (χ1v) is 11.9. The highest BCUT2D eigenvalue weighted by atomic mass is 32.2. The molecule has 35 heavy (non-hydrogen) atoms. The van der Waals surface area contributed by atoms with E-state index in [1.54, 1.807) is 29.7 Å². The highest BCUT2D eigenvalue weighted by Crippen LogP contribution is 2.29. The molecule has 1 heterocycles. The molecule has 3 amide bonds. The SMILES string of the molecule is CC(Sc1nnc(-c2ccccc2F)n1Cc1ccccc1)C(=O)NC(=O)NCc1ccccc1. The van der Waals surface area contributed by atoms with E-state index in [1.165, 1.54) is 6.07 Å². The Hall–Kier alpha value is -3.98. The molecule has 178 valence electrons. The standard InChI is InChI=1S/C26H24FN5O2S/c1-18(24(33)29-25(34)28-16-19-10-4-2-5-11-19)35-26-31-30-23(21-14-8-9-15-22(21)27)32(26)17-20-12-6-3-7-13-20/h2-15,18H,16-17H2,1H3,(H2,28,29,33,34). The van der Waals surface area contributed by atoms with Crippen molar-refractivity contribution in [2.24, 2.45) is 0 Å². The molecule has 7 nitrogen and oxygen atoms in total. The summed E-state index contributed by atoms with van der Waals surface area (Å²) >= 11 is 1.15. The number of nitrogens with zero attached hydrogens (tertiary/aromatic N) is 3. The lowest BCUT2D eigenvalue weighted by molar-refractivity contribution is -0.119. The van der Waals surface area contributed by atoms with Gasteiger partial charge in [-0.15, -0.1) is 10.2 Å². The van der Waals surface area contributed by atoms with Crippen LogP contribution in [-0.2, 0) is 17.9 Å². The normalized spacial score (nSPS) is 11.6. The third kappa shape index (κ3) is 6.33. The van der Waals surface area contributed by atoms with Crippen molar-refractivity contribution in [2.45, 2.75) is 30.4 Å². The Bertz CT molecular complexity index is 1300. The number of imide groups is 1. The van der Waals surface area contributed by atoms with Gasteiger partial charge in [-0.3, -0.25) is 14.7 Å². The first-order valence-electron chi connectivity index (χ1n) is 11.0. The van der Waals surface area contributed by atoms with Crippen molar-refractivity contribution >= 4 is 23.7 Å². The molecule has 0 aliphatic rings. The van der Waals surface area contributed by atoms with Gasteiger partial charge in [0.25, 0.3) is 0 Å². The zero-order valence-corrected chi connectivity index (χ0v) is 19.8. The molecule has 1 atom stereocenters. The van der Waals surface area contributed by atoms with Gasteiger partial charge in [0, 0.05) is 6.54 Å². The van der Waals surface area contributed by atoms with E-state index in [9.17, 15) is 14.0 Å². The molecule has 0 saturated heterocycles. The summed E-state index contributed by atoms with van der Waals surface area (Å²) in [5, 5.41) is 13.3. The van der Waals surface area contributed by atoms with E-state index in [0.717, 1.165) is 22.9 Å². The van der Waals surface area contributed by atoms with Crippen LogP contribution in [0.25, 0.3) is 11.4 Å². The van der Waals surface area contributed by atoms with Crippen LogP contribution in [0, 0.1) is 5.82 Å². The summed E-state index contributed by atoms with van der Waals surface area (Å²) in [4.78, 5) is 24.9. The molecule has 1 aromatic heterocycles. The number of thioether (sulfide) groups is 1. The van der Waals surface area contributed by atoms with Gasteiger partial charge in [-0.2, -0.15) is 0 Å². The highest BCUT2D eigenvalue weighted by Gasteiger charge is 2.23. The second-order valence-electron chi connectivity index (χ2n) is 7.78. The lowest BCUT2D eigenvalue weighted by Crippen LogP contribution is -2.42. The first-order chi connectivity index (χ1) is 17.0. The number of amides is 3. The smallest absolute Gasteiger partial charge is 0.321 e. The fourth-order valence-corrected chi connectivity index (χ4v) is 4.22. The highest BCUT2D eigenvalue weighted by molar-refractivity contribution is 8.00. The molecule has 4 aromatic rings. The van der Waals surface area contributed by atoms with Gasteiger partial charge in [-0.25, -0.2) is 9.18 Å². The molecule has 3 aromatic carbocycles. The Balaban J connectivity index is 1.48. The summed E-state index contributed by atoms with van der Waals surface area (Å²) in [6, 6.07) is 24.8. The van der Waals surface area contributed by atoms with Gasteiger partial charge in [0.2, 0.25) is 5.91 Å². The van der Waals surface area contributed by atoms with Gasteiger partial charge in [0.05, 0.1) is 17.4 Å². The van der Waals surface area contributed by atoms with Gasteiger partial charge < -0.3 is 5.32 Å². The van der Waals surface area contributed by atoms with Gasteiger partial charge >= 0.3 is 6.03 Å². The first kappa shape index (κ1) is 24.2. The molecule has 1 unspecified atom stereocenters. The maximum atomic E-state index is 14.5. The molecule has 0 bridgehead atoms. The summed E-state index contributed by atoms with van der Waals surface area (Å²) < 4.78 is 16.3. The largest absolute Gasteiger partial charge is 0.334 e. The zero-order valence-electron chi connectivity index (χ0n) is 19.0. The van der Waals surface area contributed by atoms with Crippen molar-refractivity contribution < 1.29 is 14.0 Å². The van der Waals surface area contributed by atoms with Crippen molar-refractivity contribution in [1.82, 2.24) is 25.4 Å². The summed E-state index contributed by atoms with van der Waals surface area (Å²) in [6.07, 6.45) is 0. The molecule has 0 fully saturated rings. The minimum atomic E-state index is -0.648. The van der Waals surface area contributed by atoms with E-state index >= 15 is 0 Å². The zero-order chi connectivity index (χ0) is 24.6. The minimum absolute atomic E-state index is 0.304. The third-order valence-corrected chi connectivity index (χ3v) is 6.28. The Morgan fingerprint density at radius 2 is 1.54 bits per heavy atom. The molecule has 0 aliphatic heterocycles. The van der Waals surface area contributed by atoms with Crippen LogP contribution >= 0.6 is 11.8 Å². The van der Waals surface area contributed by atoms with Gasteiger partial charge in [-0.05, 0) is 30.2 Å². The van der Waals surface area contributed by atoms with Crippen LogP contribution < -0.4 is 10.6 Å². The van der Waals surface area contributed by atoms with Crippen molar-refractivity contribution in [1.29, 1.82) is 0 Å². The topological polar surface area (TPSA) is 88.9 Å². The number of carbonyl (C=O) groups excluding carboxylic acids is 2. The fourth-order valence-electron chi connectivity index (χ4n) is 3.37. The van der Waals surface area contributed by atoms with E-state index in [1.807, 2.05) is 60.7 Å². The average Bonchev–Trinajstić information content (AvgIpc) is 3.25. The maximum absolute atomic E-state index is 14.5. The van der Waals surface area contributed by atoms with Gasteiger partial charge in [-0.1, -0.05) is 84.6 Å². The second kappa shape index (κ2) is 11.4. The molecule has 0 aliphatic carbocycles. The van der Waals surface area contributed by atoms with E-state index in [2.05, 4.69) is 20.8 Å². The van der Waals surface area contributed by atoms with Crippen LogP contribution in [0.15, 0.2) is 90.1 Å². The molecular formula is C26H24FN5O2S. The second-order valence-corrected chi connectivity index (χ2v) is 9.08. The van der Waals surface area contributed by atoms with E-state index in [0.29, 0.717) is 29.6 Å². The van der Waals surface area contributed by atoms with Crippen LogP contribution in [0.2, 0.25) is 0 Å². The van der Waals surface area contributed by atoms with Crippen LogP contribution in [0.5, 0.6) is 0 Å². The van der Waals surface area contributed by atoms with Crippen LogP contribution in [0.3, 0.4) is 0 Å². The Morgan fingerprint density at radius 3 is 2.23 bits per heavy atom. The van der Waals surface area contributed by atoms with Gasteiger partial charge in [0.15, 0.2) is 11.0 Å². The summed E-state index contributed by atoms with van der Waals surface area (Å²) in [5.74, 6) is -0.517. The quantitative estimate of drug-likeness (QED) is 0.352. The number of benzene rings is 3. The number of hydrogen-bond acceptors (Lipinski definition) is 5. The minimum Gasteiger partial charge on any atom is -0.334 e. The molecular weight excluding hydrogens is 465 g/mol. The molecule has 4 rings (SSSR count). The van der Waals surface area contributed by atoms with Crippen molar-refractivity contribution in [2.75, 3.05) is 0 Å². The monoisotopic (exact) mass is 489 g/mol. The number of halogens is 1. The predicted octanol–water partition coefficient (Wildman–Crippen LogP) is 4.64. The number of nitrogens with one attached hydrogen (secondary N) is 2. The Labute approximate surface area is 206 Å². The summed E-state index contributed by atoms with van der Waals surface area (Å²) in [7, 11) is 0. The van der Waals surface area contributed by atoms with E-state index < -0.39 is 23.0 Å². The Morgan fingerprint density at radius 1 is 0.914 bits per heavy atom. The van der Waals surface area contributed by atoms with Crippen molar-refractivity contribution in [3.8, 4) is 11.4 Å². The summed E-state index contributed by atoms with van der Waals surface area (Å²) in [6.45, 7) is 2.37. The summed E-state index contributed by atoms with van der Waals surface area (Å²) in [5.41, 5.74) is 2.22. The van der Waals surface area contributed by atoms with Crippen molar-refractivity contribution in [3.05, 3.63) is 102 Å². The number of aromatic nitrogens is 3. The molecule has 0 radical (unpaired) electrons. The fraction of sp³-hybridized carbons (Fsp3) is 0.154. The average molecular weight is 490 g/mol. The Kier molecular flexibility index (Phi) is 7.89. The van der Waals surface area contributed by atoms with Gasteiger partial charge in [0.1, 0.15) is 5.82 Å². The number of hydrogen-bond donors (Lipinski definition) is 2. The number of urea groups is 1. The van der Waals surface area contributed by atoms with E-state index in [-0.39, 0.29) is 0 Å². The molecule has 0 spiro atoms.